The summed E-state index contributed by atoms with van der Waals surface area (Å²) in [6.45, 7) is 4.58. The van der Waals surface area contributed by atoms with Crippen molar-refractivity contribution in [1.82, 2.24) is 10.6 Å². The van der Waals surface area contributed by atoms with E-state index in [1.165, 1.54) is 19.3 Å². The Morgan fingerprint density at radius 2 is 2.21 bits per heavy atom. The molecule has 2 N–H and O–H groups in total. The van der Waals surface area contributed by atoms with Crippen molar-refractivity contribution in [2.45, 2.75) is 38.6 Å². The minimum absolute atomic E-state index is 0.635. The van der Waals surface area contributed by atoms with E-state index in [9.17, 15) is 0 Å². The van der Waals surface area contributed by atoms with E-state index in [0.29, 0.717) is 6.04 Å². The lowest BCUT2D eigenvalue weighted by Crippen LogP contribution is -2.38. The molecule has 0 aromatic heterocycles. The number of ether oxygens (including phenoxy) is 1. The van der Waals surface area contributed by atoms with Gasteiger partial charge in [0.2, 0.25) is 0 Å². The van der Waals surface area contributed by atoms with Gasteiger partial charge in [-0.25, -0.2) is 0 Å². The SMILES string of the molecule is CCCCOCCNC(=S)NC1CC1. The molecule has 0 amide bonds. The molecule has 0 bridgehead atoms. The number of thiocarbonyl (C=S) groups is 1. The van der Waals surface area contributed by atoms with E-state index >= 15 is 0 Å². The second-order valence-electron chi connectivity index (χ2n) is 3.64. The quantitative estimate of drug-likeness (QED) is 0.498. The minimum Gasteiger partial charge on any atom is -0.380 e. The van der Waals surface area contributed by atoms with Crippen molar-refractivity contribution >= 4 is 17.3 Å². The van der Waals surface area contributed by atoms with E-state index in [4.69, 9.17) is 17.0 Å². The van der Waals surface area contributed by atoms with Crippen molar-refractivity contribution in [3.8, 4) is 0 Å². The Balaban J connectivity index is 1.80. The molecular formula is C10H20N2OS. The van der Waals surface area contributed by atoms with Crippen LogP contribution in [-0.2, 0) is 4.74 Å². The van der Waals surface area contributed by atoms with Crippen molar-refractivity contribution in [2.24, 2.45) is 0 Å². The highest BCUT2D eigenvalue weighted by Crippen LogP contribution is 2.18. The van der Waals surface area contributed by atoms with Crippen LogP contribution in [0.5, 0.6) is 0 Å². The summed E-state index contributed by atoms with van der Waals surface area (Å²) in [7, 11) is 0. The molecule has 0 aromatic carbocycles. The Morgan fingerprint density at radius 1 is 1.43 bits per heavy atom. The molecule has 0 aliphatic heterocycles. The first kappa shape index (κ1) is 11.7. The van der Waals surface area contributed by atoms with Gasteiger partial charge in [-0.15, -0.1) is 0 Å². The molecule has 0 heterocycles. The van der Waals surface area contributed by atoms with E-state index < -0.39 is 0 Å². The van der Waals surface area contributed by atoms with Gasteiger partial charge < -0.3 is 15.4 Å². The molecule has 0 unspecified atom stereocenters. The number of unbranched alkanes of at least 4 members (excludes halogenated alkanes) is 1. The van der Waals surface area contributed by atoms with Crippen molar-refractivity contribution in [3.63, 3.8) is 0 Å². The maximum absolute atomic E-state index is 5.40. The van der Waals surface area contributed by atoms with Crippen molar-refractivity contribution in [3.05, 3.63) is 0 Å². The van der Waals surface area contributed by atoms with Gasteiger partial charge in [-0.1, -0.05) is 13.3 Å². The molecule has 0 aromatic rings. The average Bonchev–Trinajstić information content (AvgIpc) is 2.95. The van der Waals surface area contributed by atoms with Crippen LogP contribution in [-0.4, -0.2) is 30.9 Å². The van der Waals surface area contributed by atoms with Gasteiger partial charge in [0.05, 0.1) is 6.61 Å². The Morgan fingerprint density at radius 3 is 2.86 bits per heavy atom. The maximum atomic E-state index is 5.40. The molecule has 1 aliphatic rings. The molecule has 82 valence electrons. The number of hydrogen-bond donors (Lipinski definition) is 2. The predicted molar refractivity (Wildman–Crippen MR) is 62.5 cm³/mol. The molecule has 1 rings (SSSR count). The molecule has 0 spiro atoms. The fourth-order valence-corrected chi connectivity index (χ4v) is 1.32. The monoisotopic (exact) mass is 216 g/mol. The lowest BCUT2D eigenvalue weighted by Gasteiger charge is -2.09. The van der Waals surface area contributed by atoms with Crippen LogP contribution in [0.1, 0.15) is 32.6 Å². The zero-order valence-electron chi connectivity index (χ0n) is 8.84. The van der Waals surface area contributed by atoms with Gasteiger partial charge in [-0.3, -0.25) is 0 Å². The second-order valence-corrected chi connectivity index (χ2v) is 4.05. The fraction of sp³-hybridized carbons (Fsp3) is 0.900. The van der Waals surface area contributed by atoms with Gasteiger partial charge in [-0.05, 0) is 31.5 Å². The van der Waals surface area contributed by atoms with Gasteiger partial charge in [0.15, 0.2) is 5.11 Å². The third-order valence-corrected chi connectivity index (χ3v) is 2.35. The smallest absolute Gasteiger partial charge is 0.166 e. The van der Waals surface area contributed by atoms with Crippen LogP contribution in [0.3, 0.4) is 0 Å². The minimum atomic E-state index is 0.635. The van der Waals surface area contributed by atoms with Crippen molar-refractivity contribution < 1.29 is 4.74 Å². The molecule has 1 aliphatic carbocycles. The van der Waals surface area contributed by atoms with Crippen LogP contribution in [0.25, 0.3) is 0 Å². The highest BCUT2D eigenvalue weighted by atomic mass is 32.1. The summed E-state index contributed by atoms with van der Waals surface area (Å²) in [5.41, 5.74) is 0. The van der Waals surface area contributed by atoms with Crippen molar-refractivity contribution in [1.29, 1.82) is 0 Å². The molecular weight excluding hydrogens is 196 g/mol. The third-order valence-electron chi connectivity index (χ3n) is 2.09. The van der Waals surface area contributed by atoms with Gasteiger partial charge >= 0.3 is 0 Å². The molecule has 3 nitrogen and oxygen atoms in total. The first-order chi connectivity index (χ1) is 6.83. The summed E-state index contributed by atoms with van der Waals surface area (Å²) in [6, 6.07) is 0.635. The highest BCUT2D eigenvalue weighted by Gasteiger charge is 2.21. The highest BCUT2D eigenvalue weighted by molar-refractivity contribution is 7.80. The Kier molecular flexibility index (Phi) is 5.87. The Labute approximate surface area is 91.6 Å². The largest absolute Gasteiger partial charge is 0.380 e. The average molecular weight is 216 g/mol. The van der Waals surface area contributed by atoms with E-state index in [1.807, 2.05) is 0 Å². The summed E-state index contributed by atoms with van der Waals surface area (Å²) in [4.78, 5) is 0. The maximum Gasteiger partial charge on any atom is 0.166 e. The molecule has 0 saturated heterocycles. The topological polar surface area (TPSA) is 33.3 Å². The van der Waals surface area contributed by atoms with Gasteiger partial charge in [0.25, 0.3) is 0 Å². The Bertz CT molecular complexity index is 172. The lowest BCUT2D eigenvalue weighted by molar-refractivity contribution is 0.136. The number of rotatable bonds is 7. The number of nitrogens with one attached hydrogen (secondary N) is 2. The van der Waals surface area contributed by atoms with Gasteiger partial charge in [0, 0.05) is 19.2 Å². The fourth-order valence-electron chi connectivity index (χ4n) is 1.05. The zero-order chi connectivity index (χ0) is 10.2. The van der Waals surface area contributed by atoms with Crippen LogP contribution in [0.15, 0.2) is 0 Å². The molecule has 0 radical (unpaired) electrons. The zero-order valence-corrected chi connectivity index (χ0v) is 9.66. The van der Waals surface area contributed by atoms with Gasteiger partial charge in [0.1, 0.15) is 0 Å². The molecule has 1 saturated carbocycles. The Hall–Kier alpha value is -0.350. The van der Waals surface area contributed by atoms with E-state index in [0.717, 1.165) is 31.3 Å². The van der Waals surface area contributed by atoms with E-state index in [2.05, 4.69) is 17.6 Å². The number of hydrogen-bond acceptors (Lipinski definition) is 2. The van der Waals surface area contributed by atoms with Crippen molar-refractivity contribution in [2.75, 3.05) is 19.8 Å². The van der Waals surface area contributed by atoms with E-state index in [1.54, 1.807) is 0 Å². The summed E-state index contributed by atoms with van der Waals surface area (Å²) in [5.74, 6) is 0. The van der Waals surface area contributed by atoms with Crippen LogP contribution < -0.4 is 10.6 Å². The molecule has 0 atom stereocenters. The van der Waals surface area contributed by atoms with Crippen LogP contribution in [0.4, 0.5) is 0 Å². The predicted octanol–water partition coefficient (Wildman–Crippen LogP) is 1.43. The normalized spacial score (nSPS) is 15.2. The first-order valence-corrected chi connectivity index (χ1v) is 5.86. The first-order valence-electron chi connectivity index (χ1n) is 5.45. The van der Waals surface area contributed by atoms with E-state index in [-0.39, 0.29) is 0 Å². The molecule has 14 heavy (non-hydrogen) atoms. The van der Waals surface area contributed by atoms with Crippen LogP contribution in [0, 0.1) is 0 Å². The summed E-state index contributed by atoms with van der Waals surface area (Å²) in [6.07, 6.45) is 4.85. The van der Waals surface area contributed by atoms with Crippen LogP contribution >= 0.6 is 12.2 Å². The summed E-state index contributed by atoms with van der Waals surface area (Å²) in [5, 5.41) is 7.12. The summed E-state index contributed by atoms with van der Waals surface area (Å²) >= 11 is 5.09. The van der Waals surface area contributed by atoms with Gasteiger partial charge in [-0.2, -0.15) is 0 Å². The summed E-state index contributed by atoms with van der Waals surface area (Å²) < 4.78 is 5.40. The lowest BCUT2D eigenvalue weighted by atomic mass is 10.4. The second kappa shape index (κ2) is 7.01. The standard InChI is InChI=1S/C10H20N2OS/c1-2-3-7-13-8-6-11-10(14)12-9-4-5-9/h9H,2-8H2,1H3,(H2,11,12,14). The molecule has 1 fully saturated rings. The van der Waals surface area contributed by atoms with Crippen LogP contribution in [0.2, 0.25) is 0 Å². The molecule has 4 heteroatoms. The third kappa shape index (κ3) is 6.16.